The molecular weight excluding hydrogens is 447 g/mol. The van der Waals surface area contributed by atoms with Gasteiger partial charge >= 0.3 is 6.03 Å². The summed E-state index contributed by atoms with van der Waals surface area (Å²) >= 11 is 0. The summed E-state index contributed by atoms with van der Waals surface area (Å²) < 4.78 is 19.9. The molecule has 1 aliphatic rings. The Morgan fingerprint density at radius 1 is 0.971 bits per heavy atom. The number of rotatable bonds is 6. The van der Waals surface area contributed by atoms with Crippen molar-refractivity contribution in [3.63, 3.8) is 0 Å². The lowest BCUT2D eigenvalue weighted by molar-refractivity contribution is -0.122. The molecular formula is C28H25FN2O4. The van der Waals surface area contributed by atoms with Crippen LogP contribution in [0.3, 0.4) is 0 Å². The van der Waals surface area contributed by atoms with E-state index in [0.717, 1.165) is 21.6 Å². The topological polar surface area (TPSA) is 75.7 Å². The monoisotopic (exact) mass is 472 g/mol. The first-order valence-corrected chi connectivity index (χ1v) is 11.3. The highest BCUT2D eigenvalue weighted by molar-refractivity contribution is 6.39. The van der Waals surface area contributed by atoms with Gasteiger partial charge in [-0.15, -0.1) is 0 Å². The molecule has 4 amide bonds. The van der Waals surface area contributed by atoms with Crippen molar-refractivity contribution in [1.82, 2.24) is 5.32 Å². The summed E-state index contributed by atoms with van der Waals surface area (Å²) in [6.07, 6.45) is 1.75. The molecule has 0 saturated carbocycles. The molecule has 0 unspecified atom stereocenters. The second-order valence-corrected chi connectivity index (χ2v) is 8.25. The van der Waals surface area contributed by atoms with E-state index < -0.39 is 17.8 Å². The molecule has 1 fully saturated rings. The quantitative estimate of drug-likeness (QED) is 0.400. The zero-order chi connectivity index (χ0) is 25.1. The van der Waals surface area contributed by atoms with E-state index in [-0.39, 0.29) is 11.4 Å². The molecule has 1 heterocycles. The average molecular weight is 473 g/mol. The van der Waals surface area contributed by atoms with Crippen molar-refractivity contribution in [2.24, 2.45) is 0 Å². The van der Waals surface area contributed by atoms with Crippen LogP contribution in [0.25, 0.3) is 6.08 Å². The fourth-order valence-corrected chi connectivity index (χ4v) is 3.96. The summed E-state index contributed by atoms with van der Waals surface area (Å²) in [5.74, 6) is -1.26. The van der Waals surface area contributed by atoms with E-state index in [1.807, 2.05) is 26.8 Å². The van der Waals surface area contributed by atoms with Crippen molar-refractivity contribution < 1.29 is 23.5 Å². The molecule has 0 radical (unpaired) electrons. The van der Waals surface area contributed by atoms with E-state index in [1.54, 1.807) is 48.5 Å². The Morgan fingerprint density at radius 2 is 1.74 bits per heavy atom. The smallest absolute Gasteiger partial charge is 0.335 e. The van der Waals surface area contributed by atoms with Crippen LogP contribution in [0, 0.1) is 19.7 Å². The molecule has 0 spiro atoms. The maximum Gasteiger partial charge on any atom is 0.335 e. The molecule has 1 saturated heterocycles. The van der Waals surface area contributed by atoms with Crippen molar-refractivity contribution >= 4 is 29.6 Å². The van der Waals surface area contributed by atoms with Gasteiger partial charge in [0.2, 0.25) is 0 Å². The number of aryl methyl sites for hydroxylation is 1. The summed E-state index contributed by atoms with van der Waals surface area (Å²) in [5, 5.41) is 2.25. The number of benzene rings is 3. The minimum atomic E-state index is -0.791. The third-order valence-electron chi connectivity index (χ3n) is 5.96. The molecule has 1 N–H and O–H groups in total. The molecule has 4 rings (SSSR count). The number of imide groups is 2. The van der Waals surface area contributed by atoms with Crippen LogP contribution in [0.2, 0.25) is 0 Å². The largest absolute Gasteiger partial charge is 0.494 e. The predicted molar refractivity (Wildman–Crippen MR) is 132 cm³/mol. The maximum absolute atomic E-state index is 14.2. The second-order valence-electron chi connectivity index (χ2n) is 8.25. The number of nitrogens with one attached hydrogen (secondary N) is 1. The minimum Gasteiger partial charge on any atom is -0.494 e. The van der Waals surface area contributed by atoms with Crippen molar-refractivity contribution in [1.29, 1.82) is 0 Å². The van der Waals surface area contributed by atoms with Crippen LogP contribution >= 0.6 is 0 Å². The fourth-order valence-electron chi connectivity index (χ4n) is 3.96. The number of nitrogens with zero attached hydrogens (tertiary/aromatic N) is 1. The van der Waals surface area contributed by atoms with Crippen LogP contribution in [0.5, 0.6) is 5.75 Å². The normalized spacial score (nSPS) is 14.9. The third-order valence-corrected chi connectivity index (χ3v) is 5.96. The van der Waals surface area contributed by atoms with Crippen molar-refractivity contribution in [2.75, 3.05) is 11.5 Å². The standard InChI is InChI=1S/C28H25FN2O4/c1-4-35-25-15-19(12-13-21(25)16-20-9-5-6-10-23(20)29)14-22-26(32)30-28(34)31(27(22)33)24-11-7-8-17(2)18(24)3/h5-15H,4,16H2,1-3H3,(H,30,32,34)/b22-14+. The minimum absolute atomic E-state index is 0.171. The lowest BCUT2D eigenvalue weighted by atomic mass is 10.00. The Labute approximate surface area is 203 Å². The van der Waals surface area contributed by atoms with Gasteiger partial charge in [-0.3, -0.25) is 14.9 Å². The lowest BCUT2D eigenvalue weighted by Crippen LogP contribution is -2.54. The third kappa shape index (κ3) is 4.84. The number of amides is 4. The molecule has 0 atom stereocenters. The van der Waals surface area contributed by atoms with Gasteiger partial charge in [-0.1, -0.05) is 42.5 Å². The van der Waals surface area contributed by atoms with Gasteiger partial charge in [0, 0.05) is 6.42 Å². The van der Waals surface area contributed by atoms with Crippen LogP contribution in [0.4, 0.5) is 14.9 Å². The Hall–Kier alpha value is -4.26. The first-order valence-electron chi connectivity index (χ1n) is 11.3. The van der Waals surface area contributed by atoms with Gasteiger partial charge in [0.05, 0.1) is 12.3 Å². The van der Waals surface area contributed by atoms with Crippen LogP contribution < -0.4 is 15.0 Å². The molecule has 35 heavy (non-hydrogen) atoms. The number of barbiturate groups is 1. The molecule has 6 nitrogen and oxygen atoms in total. The van der Waals surface area contributed by atoms with E-state index >= 15 is 0 Å². The number of halogens is 1. The molecule has 3 aromatic carbocycles. The van der Waals surface area contributed by atoms with E-state index in [0.29, 0.717) is 35.6 Å². The van der Waals surface area contributed by atoms with Crippen molar-refractivity contribution in [3.8, 4) is 5.75 Å². The van der Waals surface area contributed by atoms with Gasteiger partial charge in [-0.25, -0.2) is 14.1 Å². The summed E-state index contributed by atoms with van der Waals surface area (Å²) in [5.41, 5.74) is 3.77. The van der Waals surface area contributed by atoms with Crippen LogP contribution in [-0.2, 0) is 16.0 Å². The molecule has 0 aliphatic carbocycles. The van der Waals surface area contributed by atoms with Crippen molar-refractivity contribution in [3.05, 3.63) is 99.9 Å². The van der Waals surface area contributed by atoms with Gasteiger partial charge in [-0.05, 0) is 72.9 Å². The Kier molecular flexibility index (Phi) is 6.78. The van der Waals surface area contributed by atoms with E-state index in [9.17, 15) is 18.8 Å². The number of urea groups is 1. The first kappa shape index (κ1) is 23.9. The van der Waals surface area contributed by atoms with E-state index in [2.05, 4.69) is 5.32 Å². The highest BCUT2D eigenvalue weighted by atomic mass is 19.1. The fraction of sp³-hybridized carbons (Fsp3) is 0.179. The van der Waals surface area contributed by atoms with Crippen LogP contribution in [0.15, 0.2) is 66.2 Å². The number of carbonyl (C=O) groups excluding carboxylic acids is 3. The molecule has 0 bridgehead atoms. The Balaban J connectivity index is 1.70. The van der Waals surface area contributed by atoms with Gasteiger partial charge in [-0.2, -0.15) is 0 Å². The lowest BCUT2D eigenvalue weighted by Gasteiger charge is -2.28. The molecule has 0 aromatic heterocycles. The second kappa shape index (κ2) is 9.93. The van der Waals surface area contributed by atoms with E-state index in [4.69, 9.17) is 4.74 Å². The van der Waals surface area contributed by atoms with Crippen LogP contribution in [-0.4, -0.2) is 24.5 Å². The summed E-state index contributed by atoms with van der Waals surface area (Å²) in [6, 6.07) is 16.2. The average Bonchev–Trinajstić information content (AvgIpc) is 2.82. The zero-order valence-corrected chi connectivity index (χ0v) is 19.7. The summed E-state index contributed by atoms with van der Waals surface area (Å²) in [7, 11) is 0. The van der Waals surface area contributed by atoms with Crippen LogP contribution in [0.1, 0.15) is 34.7 Å². The number of hydrogen-bond donors (Lipinski definition) is 1. The Morgan fingerprint density at radius 3 is 2.49 bits per heavy atom. The van der Waals surface area contributed by atoms with Gasteiger partial charge in [0.1, 0.15) is 17.1 Å². The SMILES string of the molecule is CCOc1cc(/C=C2\C(=O)NC(=O)N(c3cccc(C)c3C)C2=O)ccc1Cc1ccccc1F. The van der Waals surface area contributed by atoms with Gasteiger partial charge in [0.15, 0.2) is 0 Å². The summed E-state index contributed by atoms with van der Waals surface area (Å²) in [6.45, 7) is 5.92. The molecule has 1 aliphatic heterocycles. The number of anilines is 1. The molecule has 3 aromatic rings. The van der Waals surface area contributed by atoms with Gasteiger partial charge < -0.3 is 4.74 Å². The van der Waals surface area contributed by atoms with Crippen molar-refractivity contribution in [2.45, 2.75) is 27.2 Å². The highest BCUT2D eigenvalue weighted by Crippen LogP contribution is 2.29. The first-order chi connectivity index (χ1) is 16.8. The molecule has 178 valence electrons. The number of carbonyl (C=O) groups is 3. The zero-order valence-electron chi connectivity index (χ0n) is 19.7. The Bertz CT molecular complexity index is 1360. The van der Waals surface area contributed by atoms with E-state index in [1.165, 1.54) is 12.1 Å². The predicted octanol–water partition coefficient (Wildman–Crippen LogP) is 5.10. The van der Waals surface area contributed by atoms with Gasteiger partial charge in [0.25, 0.3) is 11.8 Å². The number of ether oxygens (including phenoxy) is 1. The number of hydrogen-bond acceptors (Lipinski definition) is 4. The molecule has 7 heteroatoms. The highest BCUT2D eigenvalue weighted by Gasteiger charge is 2.37. The summed E-state index contributed by atoms with van der Waals surface area (Å²) in [4.78, 5) is 39.4. The maximum atomic E-state index is 14.2.